The van der Waals surface area contributed by atoms with Crippen LogP contribution < -0.4 is 10.1 Å². The van der Waals surface area contributed by atoms with Gasteiger partial charge in [-0.05, 0) is 50.1 Å². The molecule has 1 aromatic heterocycles. The summed E-state index contributed by atoms with van der Waals surface area (Å²) >= 11 is 0. The fourth-order valence-corrected chi connectivity index (χ4v) is 4.32. The smallest absolute Gasteiger partial charge is 0.244 e. The summed E-state index contributed by atoms with van der Waals surface area (Å²) in [5.74, 6) is 0.974. The summed E-state index contributed by atoms with van der Waals surface area (Å²) in [6.07, 6.45) is 7.27. The van der Waals surface area contributed by atoms with Gasteiger partial charge in [0.1, 0.15) is 12.3 Å². The molecule has 1 heterocycles. The number of ether oxygens (including phenoxy) is 1. The van der Waals surface area contributed by atoms with Crippen LogP contribution >= 0.6 is 0 Å². The number of carbonyl (C=O) groups is 2. The van der Waals surface area contributed by atoms with Crippen LogP contribution in [0.3, 0.4) is 0 Å². The number of amides is 1. The number of fused-ring (bicyclic) bond motifs is 1. The van der Waals surface area contributed by atoms with Gasteiger partial charge in [0.2, 0.25) is 5.91 Å². The Labute approximate surface area is 177 Å². The number of anilines is 1. The van der Waals surface area contributed by atoms with Crippen LogP contribution in [0.1, 0.15) is 49.4 Å². The third-order valence-electron chi connectivity index (χ3n) is 5.79. The van der Waals surface area contributed by atoms with Crippen molar-refractivity contribution in [1.82, 2.24) is 4.57 Å². The maximum absolute atomic E-state index is 13.2. The number of nitrogens with one attached hydrogen (secondary N) is 1. The Balaban J connectivity index is 1.52. The maximum atomic E-state index is 13.2. The SMILES string of the molecule is CCOc1ccc(NC(=O)Cn2cc(C(=O)C3CCCCC3)c3ccccc32)cc1. The van der Waals surface area contributed by atoms with Crippen molar-refractivity contribution in [3.8, 4) is 5.75 Å². The zero-order chi connectivity index (χ0) is 20.9. The van der Waals surface area contributed by atoms with Crippen molar-refractivity contribution in [2.75, 3.05) is 11.9 Å². The first-order valence-corrected chi connectivity index (χ1v) is 10.8. The van der Waals surface area contributed by atoms with E-state index in [4.69, 9.17) is 4.74 Å². The Morgan fingerprint density at radius 2 is 1.77 bits per heavy atom. The van der Waals surface area contributed by atoms with E-state index in [1.165, 1.54) is 6.42 Å². The van der Waals surface area contributed by atoms with Crippen LogP contribution in [0.2, 0.25) is 0 Å². The highest BCUT2D eigenvalue weighted by Gasteiger charge is 2.25. The van der Waals surface area contributed by atoms with Crippen molar-refractivity contribution in [2.45, 2.75) is 45.6 Å². The molecule has 0 bridgehead atoms. The molecule has 1 aliphatic carbocycles. The predicted molar refractivity (Wildman–Crippen MR) is 119 cm³/mol. The Morgan fingerprint density at radius 3 is 2.50 bits per heavy atom. The van der Waals surface area contributed by atoms with Gasteiger partial charge < -0.3 is 14.6 Å². The van der Waals surface area contributed by atoms with E-state index < -0.39 is 0 Å². The monoisotopic (exact) mass is 404 g/mol. The molecule has 0 unspecified atom stereocenters. The number of hydrogen-bond donors (Lipinski definition) is 1. The van der Waals surface area contributed by atoms with Gasteiger partial charge in [-0.25, -0.2) is 0 Å². The molecule has 5 heteroatoms. The number of nitrogens with zero attached hydrogens (tertiary/aromatic N) is 1. The molecule has 1 amide bonds. The van der Waals surface area contributed by atoms with E-state index in [2.05, 4.69) is 5.32 Å². The van der Waals surface area contributed by atoms with Gasteiger partial charge in [-0.15, -0.1) is 0 Å². The number of benzene rings is 2. The first-order chi connectivity index (χ1) is 14.7. The molecule has 0 spiro atoms. The summed E-state index contributed by atoms with van der Waals surface area (Å²) in [7, 11) is 0. The Kier molecular flexibility index (Phi) is 6.17. The second kappa shape index (κ2) is 9.16. The minimum Gasteiger partial charge on any atom is -0.494 e. The number of ketones is 1. The summed E-state index contributed by atoms with van der Waals surface area (Å²) in [5, 5.41) is 3.86. The van der Waals surface area contributed by atoms with Crippen molar-refractivity contribution in [1.29, 1.82) is 0 Å². The van der Waals surface area contributed by atoms with E-state index in [0.717, 1.165) is 53.6 Å². The topological polar surface area (TPSA) is 60.3 Å². The molecule has 1 saturated carbocycles. The molecule has 1 N–H and O–H groups in total. The molecule has 156 valence electrons. The normalized spacial score (nSPS) is 14.6. The van der Waals surface area contributed by atoms with Crippen molar-refractivity contribution < 1.29 is 14.3 Å². The summed E-state index contributed by atoms with van der Waals surface area (Å²) in [5.41, 5.74) is 2.38. The fraction of sp³-hybridized carbons (Fsp3) is 0.360. The molecule has 0 atom stereocenters. The minimum atomic E-state index is -0.128. The van der Waals surface area contributed by atoms with E-state index in [0.29, 0.717) is 6.61 Å². The molecule has 0 saturated heterocycles. The van der Waals surface area contributed by atoms with E-state index in [9.17, 15) is 9.59 Å². The summed E-state index contributed by atoms with van der Waals surface area (Å²) in [6, 6.07) is 15.2. The Hall–Kier alpha value is -3.08. The number of para-hydroxylation sites is 1. The van der Waals surface area contributed by atoms with Crippen LogP contribution in [-0.2, 0) is 11.3 Å². The zero-order valence-corrected chi connectivity index (χ0v) is 17.4. The van der Waals surface area contributed by atoms with E-state index in [1.54, 1.807) is 0 Å². The summed E-state index contributed by atoms with van der Waals surface area (Å²) in [6.45, 7) is 2.70. The molecule has 30 heavy (non-hydrogen) atoms. The molecule has 4 rings (SSSR count). The lowest BCUT2D eigenvalue weighted by atomic mass is 9.84. The average Bonchev–Trinajstić information content (AvgIpc) is 3.14. The van der Waals surface area contributed by atoms with Crippen LogP contribution in [0.15, 0.2) is 54.7 Å². The van der Waals surface area contributed by atoms with Gasteiger partial charge >= 0.3 is 0 Å². The molecule has 3 aromatic rings. The summed E-state index contributed by atoms with van der Waals surface area (Å²) in [4.78, 5) is 25.8. The Morgan fingerprint density at radius 1 is 1.03 bits per heavy atom. The maximum Gasteiger partial charge on any atom is 0.244 e. The van der Waals surface area contributed by atoms with Crippen LogP contribution in [0.5, 0.6) is 5.75 Å². The molecule has 2 aromatic carbocycles. The molecule has 0 radical (unpaired) electrons. The predicted octanol–water partition coefficient (Wildman–Crippen LogP) is 5.44. The van der Waals surface area contributed by atoms with Gasteiger partial charge in [0.05, 0.1) is 6.61 Å². The second-order valence-corrected chi connectivity index (χ2v) is 7.89. The average molecular weight is 405 g/mol. The van der Waals surface area contributed by atoms with Crippen LogP contribution in [0, 0.1) is 5.92 Å². The molecule has 5 nitrogen and oxygen atoms in total. The van der Waals surface area contributed by atoms with Crippen molar-refractivity contribution in [3.05, 3.63) is 60.3 Å². The van der Waals surface area contributed by atoms with Crippen molar-refractivity contribution >= 4 is 28.3 Å². The van der Waals surface area contributed by atoms with E-state index >= 15 is 0 Å². The van der Waals surface area contributed by atoms with Gasteiger partial charge in [-0.3, -0.25) is 9.59 Å². The van der Waals surface area contributed by atoms with Gasteiger partial charge in [0, 0.05) is 34.3 Å². The molecular weight excluding hydrogens is 376 g/mol. The molecule has 0 aliphatic heterocycles. The van der Waals surface area contributed by atoms with Crippen molar-refractivity contribution in [3.63, 3.8) is 0 Å². The van der Waals surface area contributed by atoms with E-state index in [-0.39, 0.29) is 24.2 Å². The highest BCUT2D eigenvalue weighted by Crippen LogP contribution is 2.30. The Bertz CT molecular complexity index is 1030. The highest BCUT2D eigenvalue weighted by molar-refractivity contribution is 6.09. The first-order valence-electron chi connectivity index (χ1n) is 10.8. The quantitative estimate of drug-likeness (QED) is 0.533. The zero-order valence-electron chi connectivity index (χ0n) is 17.4. The van der Waals surface area contributed by atoms with E-state index in [1.807, 2.05) is 66.2 Å². The lowest BCUT2D eigenvalue weighted by Gasteiger charge is -2.19. The standard InChI is InChI=1S/C25H28N2O3/c1-2-30-20-14-12-19(13-15-20)26-24(28)17-27-16-22(21-10-6-7-11-23(21)27)25(29)18-8-4-3-5-9-18/h6-7,10-16,18H,2-5,8-9,17H2,1H3,(H,26,28). The first kappa shape index (κ1) is 20.2. The van der Waals surface area contributed by atoms with Gasteiger partial charge in [-0.2, -0.15) is 0 Å². The number of aromatic nitrogens is 1. The second-order valence-electron chi connectivity index (χ2n) is 7.89. The minimum absolute atomic E-state index is 0.107. The van der Waals surface area contributed by atoms with Gasteiger partial charge in [0.25, 0.3) is 0 Å². The van der Waals surface area contributed by atoms with Gasteiger partial charge in [0.15, 0.2) is 5.78 Å². The van der Waals surface area contributed by atoms with Crippen LogP contribution in [0.4, 0.5) is 5.69 Å². The largest absolute Gasteiger partial charge is 0.494 e. The van der Waals surface area contributed by atoms with Crippen LogP contribution in [0.25, 0.3) is 10.9 Å². The third kappa shape index (κ3) is 4.40. The van der Waals surface area contributed by atoms with Crippen LogP contribution in [-0.4, -0.2) is 22.9 Å². The number of rotatable bonds is 7. The third-order valence-corrected chi connectivity index (χ3v) is 5.79. The number of hydrogen-bond acceptors (Lipinski definition) is 3. The number of carbonyl (C=O) groups excluding carboxylic acids is 2. The van der Waals surface area contributed by atoms with Gasteiger partial charge in [-0.1, -0.05) is 37.5 Å². The van der Waals surface area contributed by atoms with Crippen molar-refractivity contribution in [2.24, 2.45) is 5.92 Å². The fourth-order valence-electron chi connectivity index (χ4n) is 4.32. The molecule has 1 fully saturated rings. The summed E-state index contributed by atoms with van der Waals surface area (Å²) < 4.78 is 7.32. The number of Topliss-reactive ketones (excluding diaryl/α,β-unsaturated/α-hetero) is 1. The lowest BCUT2D eigenvalue weighted by molar-refractivity contribution is -0.116. The molecular formula is C25H28N2O3. The molecule has 1 aliphatic rings. The lowest BCUT2D eigenvalue weighted by Crippen LogP contribution is -2.19. The highest BCUT2D eigenvalue weighted by atomic mass is 16.5.